The Bertz CT molecular complexity index is 806. The first-order valence-electron chi connectivity index (χ1n) is 7.88. The molecule has 1 N–H and O–H groups in total. The van der Waals surface area contributed by atoms with Crippen LogP contribution in [0.15, 0.2) is 41.2 Å². The Kier molecular flexibility index (Phi) is 5.05. The van der Waals surface area contributed by atoms with Gasteiger partial charge in [-0.3, -0.25) is 4.79 Å². The van der Waals surface area contributed by atoms with Gasteiger partial charge in [0.15, 0.2) is 5.82 Å². The molecule has 0 saturated carbocycles. The van der Waals surface area contributed by atoms with Crippen molar-refractivity contribution in [2.75, 3.05) is 0 Å². The topological polar surface area (TPSA) is 59.8 Å². The SMILES string of the molecule is Cc1cc(C)n(-c2ccc(CNC(=O)CCc3ccsc3)cn2)n1. The van der Waals surface area contributed by atoms with Gasteiger partial charge < -0.3 is 5.32 Å². The minimum atomic E-state index is 0.0591. The van der Waals surface area contributed by atoms with E-state index < -0.39 is 0 Å². The summed E-state index contributed by atoms with van der Waals surface area (Å²) in [6.45, 7) is 4.46. The maximum absolute atomic E-state index is 11.9. The first-order valence-corrected chi connectivity index (χ1v) is 8.82. The molecule has 0 radical (unpaired) electrons. The number of carbonyl (C=O) groups is 1. The Morgan fingerprint density at radius 1 is 1.25 bits per heavy atom. The lowest BCUT2D eigenvalue weighted by Crippen LogP contribution is -2.23. The zero-order valence-electron chi connectivity index (χ0n) is 13.8. The maximum Gasteiger partial charge on any atom is 0.220 e. The number of thiophene rings is 1. The van der Waals surface area contributed by atoms with Gasteiger partial charge in [0.25, 0.3) is 0 Å². The fraction of sp³-hybridized carbons (Fsp3) is 0.278. The summed E-state index contributed by atoms with van der Waals surface area (Å²) in [6.07, 6.45) is 3.07. The molecule has 3 rings (SSSR count). The van der Waals surface area contributed by atoms with Gasteiger partial charge in [-0.1, -0.05) is 6.07 Å². The van der Waals surface area contributed by atoms with E-state index in [4.69, 9.17) is 0 Å². The predicted molar refractivity (Wildman–Crippen MR) is 95.3 cm³/mol. The lowest BCUT2D eigenvalue weighted by atomic mass is 10.2. The Morgan fingerprint density at radius 3 is 2.75 bits per heavy atom. The average molecular weight is 340 g/mol. The third kappa shape index (κ3) is 4.08. The van der Waals surface area contributed by atoms with Crippen molar-refractivity contribution >= 4 is 17.2 Å². The highest BCUT2D eigenvalue weighted by Gasteiger charge is 2.06. The Balaban J connectivity index is 1.52. The fourth-order valence-corrected chi connectivity index (χ4v) is 3.19. The van der Waals surface area contributed by atoms with Crippen LogP contribution in [0.4, 0.5) is 0 Å². The molecule has 0 aliphatic carbocycles. The van der Waals surface area contributed by atoms with Gasteiger partial charge in [-0.05, 0) is 60.4 Å². The maximum atomic E-state index is 11.9. The van der Waals surface area contributed by atoms with Crippen LogP contribution in [-0.4, -0.2) is 20.7 Å². The van der Waals surface area contributed by atoms with Crippen LogP contribution in [0.1, 0.15) is 28.9 Å². The number of hydrogen-bond acceptors (Lipinski definition) is 4. The van der Waals surface area contributed by atoms with Gasteiger partial charge in [0.2, 0.25) is 5.91 Å². The highest BCUT2D eigenvalue weighted by molar-refractivity contribution is 7.07. The van der Waals surface area contributed by atoms with Crippen LogP contribution in [0.3, 0.4) is 0 Å². The van der Waals surface area contributed by atoms with Crippen molar-refractivity contribution in [3.05, 3.63) is 63.7 Å². The standard InChI is InChI=1S/C18H20N4OS/c1-13-9-14(2)22(21-13)17-5-3-16(10-19-17)11-20-18(23)6-4-15-7-8-24-12-15/h3,5,7-10,12H,4,6,11H2,1-2H3,(H,20,23). The summed E-state index contributed by atoms with van der Waals surface area (Å²) < 4.78 is 1.82. The van der Waals surface area contributed by atoms with Crippen molar-refractivity contribution < 1.29 is 4.79 Å². The van der Waals surface area contributed by atoms with Gasteiger partial charge in [-0.2, -0.15) is 16.4 Å². The monoisotopic (exact) mass is 340 g/mol. The summed E-state index contributed by atoms with van der Waals surface area (Å²) in [5, 5.41) is 11.5. The molecule has 0 saturated heterocycles. The summed E-state index contributed by atoms with van der Waals surface area (Å²) in [4.78, 5) is 16.3. The van der Waals surface area contributed by atoms with E-state index in [0.29, 0.717) is 13.0 Å². The number of rotatable bonds is 6. The molecule has 0 aromatic carbocycles. The van der Waals surface area contributed by atoms with Crippen LogP contribution in [0.5, 0.6) is 0 Å². The van der Waals surface area contributed by atoms with Crippen molar-refractivity contribution in [2.24, 2.45) is 0 Å². The molecule has 0 unspecified atom stereocenters. The third-order valence-electron chi connectivity index (χ3n) is 3.75. The molecular formula is C18H20N4OS. The second-order valence-electron chi connectivity index (χ2n) is 5.77. The summed E-state index contributed by atoms with van der Waals surface area (Å²) >= 11 is 1.66. The van der Waals surface area contributed by atoms with E-state index in [-0.39, 0.29) is 5.91 Å². The Hall–Kier alpha value is -2.47. The van der Waals surface area contributed by atoms with Crippen LogP contribution in [0.25, 0.3) is 5.82 Å². The quantitative estimate of drug-likeness (QED) is 0.750. The van der Waals surface area contributed by atoms with E-state index in [0.717, 1.165) is 29.2 Å². The smallest absolute Gasteiger partial charge is 0.220 e. The van der Waals surface area contributed by atoms with Gasteiger partial charge in [0, 0.05) is 24.9 Å². The molecule has 0 aliphatic heterocycles. The molecular weight excluding hydrogens is 320 g/mol. The van der Waals surface area contributed by atoms with E-state index >= 15 is 0 Å². The molecule has 124 valence electrons. The van der Waals surface area contributed by atoms with Gasteiger partial charge in [0.1, 0.15) is 0 Å². The molecule has 24 heavy (non-hydrogen) atoms. The highest BCUT2D eigenvalue weighted by Crippen LogP contribution is 2.11. The number of pyridine rings is 1. The molecule has 0 bridgehead atoms. The molecule has 0 spiro atoms. The second kappa shape index (κ2) is 7.40. The Morgan fingerprint density at radius 2 is 2.12 bits per heavy atom. The lowest BCUT2D eigenvalue weighted by molar-refractivity contribution is -0.121. The third-order valence-corrected chi connectivity index (χ3v) is 4.48. The molecule has 1 amide bonds. The van der Waals surface area contributed by atoms with Crippen molar-refractivity contribution in [1.29, 1.82) is 0 Å². The molecule has 3 aromatic rings. The van der Waals surface area contributed by atoms with E-state index in [1.165, 1.54) is 5.56 Å². The first-order chi connectivity index (χ1) is 11.6. The molecule has 0 aliphatic rings. The van der Waals surface area contributed by atoms with Crippen LogP contribution >= 0.6 is 11.3 Å². The summed E-state index contributed by atoms with van der Waals surface area (Å²) in [5.41, 5.74) is 4.21. The number of amides is 1. The van der Waals surface area contributed by atoms with Gasteiger partial charge >= 0.3 is 0 Å². The average Bonchev–Trinajstić information content (AvgIpc) is 3.21. The summed E-state index contributed by atoms with van der Waals surface area (Å²) in [5.74, 6) is 0.844. The molecule has 3 heterocycles. The summed E-state index contributed by atoms with van der Waals surface area (Å²) in [7, 11) is 0. The minimum Gasteiger partial charge on any atom is -0.352 e. The van der Waals surface area contributed by atoms with Crippen LogP contribution in [0, 0.1) is 13.8 Å². The van der Waals surface area contributed by atoms with Crippen molar-refractivity contribution in [3.63, 3.8) is 0 Å². The van der Waals surface area contributed by atoms with E-state index in [2.05, 4.69) is 26.8 Å². The summed E-state index contributed by atoms with van der Waals surface area (Å²) in [6, 6.07) is 7.97. The number of nitrogens with one attached hydrogen (secondary N) is 1. The first kappa shape index (κ1) is 16.4. The van der Waals surface area contributed by atoms with E-state index in [9.17, 15) is 4.79 Å². The zero-order valence-corrected chi connectivity index (χ0v) is 14.6. The Labute approximate surface area is 145 Å². The van der Waals surface area contributed by atoms with Gasteiger partial charge in [-0.25, -0.2) is 9.67 Å². The molecule has 0 atom stereocenters. The molecule has 5 nitrogen and oxygen atoms in total. The van der Waals surface area contributed by atoms with Crippen LogP contribution < -0.4 is 5.32 Å². The van der Waals surface area contributed by atoms with Crippen molar-refractivity contribution in [2.45, 2.75) is 33.2 Å². The van der Waals surface area contributed by atoms with Crippen molar-refractivity contribution in [1.82, 2.24) is 20.1 Å². The lowest BCUT2D eigenvalue weighted by Gasteiger charge is -2.07. The minimum absolute atomic E-state index is 0.0591. The molecule has 6 heteroatoms. The number of aromatic nitrogens is 3. The van der Waals surface area contributed by atoms with Crippen molar-refractivity contribution in [3.8, 4) is 5.82 Å². The van der Waals surface area contributed by atoms with Gasteiger partial charge in [0.05, 0.1) is 5.69 Å². The van der Waals surface area contributed by atoms with E-state index in [1.807, 2.05) is 42.1 Å². The number of carbonyl (C=O) groups excluding carboxylic acids is 1. The molecule has 0 fully saturated rings. The largest absolute Gasteiger partial charge is 0.352 e. The predicted octanol–water partition coefficient (Wildman–Crippen LogP) is 3.19. The fourth-order valence-electron chi connectivity index (χ4n) is 2.49. The number of nitrogens with zero attached hydrogens (tertiary/aromatic N) is 3. The highest BCUT2D eigenvalue weighted by atomic mass is 32.1. The number of aryl methyl sites for hydroxylation is 3. The second-order valence-corrected chi connectivity index (χ2v) is 6.55. The molecule has 3 aromatic heterocycles. The zero-order chi connectivity index (χ0) is 16.9. The normalized spacial score (nSPS) is 10.8. The van der Waals surface area contributed by atoms with Crippen LogP contribution in [0.2, 0.25) is 0 Å². The number of hydrogen-bond donors (Lipinski definition) is 1. The van der Waals surface area contributed by atoms with Crippen LogP contribution in [-0.2, 0) is 17.8 Å². The van der Waals surface area contributed by atoms with E-state index in [1.54, 1.807) is 17.5 Å². The van der Waals surface area contributed by atoms with Gasteiger partial charge in [-0.15, -0.1) is 0 Å².